The first kappa shape index (κ1) is 20.5. The van der Waals surface area contributed by atoms with Crippen LogP contribution in [-0.4, -0.2) is 4.57 Å². The molecule has 0 atom stereocenters. The molecule has 0 aliphatic rings. The highest BCUT2D eigenvalue weighted by molar-refractivity contribution is 9.11. The Morgan fingerprint density at radius 3 is 2.06 bits per heavy atom. The Kier molecular flexibility index (Phi) is 4.70. The average molecular weight is 583 g/mol. The fourth-order valence-corrected chi connectivity index (χ4v) is 7.38. The van der Waals surface area contributed by atoms with Crippen molar-refractivity contribution in [2.75, 3.05) is 0 Å². The van der Waals surface area contributed by atoms with Gasteiger partial charge in [-0.05, 0) is 71.8 Å². The van der Waals surface area contributed by atoms with Crippen molar-refractivity contribution in [2.24, 2.45) is 0 Å². The van der Waals surface area contributed by atoms with E-state index in [-0.39, 0.29) is 0 Å². The summed E-state index contributed by atoms with van der Waals surface area (Å²) in [5.74, 6) is 0. The molecule has 0 N–H and O–H groups in total. The minimum Gasteiger partial charge on any atom is -0.309 e. The normalized spacial score (nSPS) is 11.8. The van der Waals surface area contributed by atoms with Gasteiger partial charge in [0.2, 0.25) is 0 Å². The molecule has 0 saturated heterocycles. The van der Waals surface area contributed by atoms with Crippen LogP contribution in [0.5, 0.6) is 0 Å². The Morgan fingerprint density at radius 1 is 0.500 bits per heavy atom. The summed E-state index contributed by atoms with van der Waals surface area (Å²) >= 11 is 9.13. The number of nitrogens with zero attached hydrogens (tertiary/aromatic N) is 1. The molecule has 162 valence electrons. The average Bonchev–Trinajstić information content (AvgIpc) is 3.38. The lowest BCUT2D eigenvalue weighted by Gasteiger charge is -2.09. The summed E-state index contributed by atoms with van der Waals surface area (Å²) in [5.41, 5.74) is 6.03. The van der Waals surface area contributed by atoms with Crippen LogP contribution < -0.4 is 0 Å². The summed E-state index contributed by atoms with van der Waals surface area (Å²) in [6, 6.07) is 37.5. The molecule has 0 unspecified atom stereocenters. The van der Waals surface area contributed by atoms with Gasteiger partial charge in [0.05, 0.1) is 11.0 Å². The van der Waals surface area contributed by atoms with Crippen LogP contribution >= 0.6 is 43.2 Å². The summed E-state index contributed by atoms with van der Waals surface area (Å²) in [7, 11) is 0. The third kappa shape index (κ3) is 3.17. The number of halogens is 2. The van der Waals surface area contributed by atoms with Gasteiger partial charge in [-0.2, -0.15) is 0 Å². The summed E-state index contributed by atoms with van der Waals surface area (Å²) in [4.78, 5) is 0. The highest BCUT2D eigenvalue weighted by Crippen LogP contribution is 2.39. The number of aromatic nitrogens is 1. The molecule has 0 fully saturated rings. The van der Waals surface area contributed by atoms with E-state index in [4.69, 9.17) is 0 Å². The third-order valence-electron chi connectivity index (χ3n) is 6.49. The number of para-hydroxylation sites is 1. The number of thiophene rings is 1. The van der Waals surface area contributed by atoms with Gasteiger partial charge in [0.1, 0.15) is 0 Å². The van der Waals surface area contributed by atoms with Crippen molar-refractivity contribution in [2.45, 2.75) is 0 Å². The van der Waals surface area contributed by atoms with E-state index >= 15 is 0 Å². The van der Waals surface area contributed by atoms with E-state index in [1.54, 1.807) is 0 Å². The van der Waals surface area contributed by atoms with E-state index in [1.807, 2.05) is 11.3 Å². The van der Waals surface area contributed by atoms with E-state index < -0.39 is 0 Å². The van der Waals surface area contributed by atoms with Crippen molar-refractivity contribution >= 4 is 85.2 Å². The largest absolute Gasteiger partial charge is 0.309 e. The predicted molar refractivity (Wildman–Crippen MR) is 155 cm³/mol. The predicted octanol–water partition coefficient (Wildman–Crippen LogP) is 10.3. The van der Waals surface area contributed by atoms with Crippen LogP contribution in [0.3, 0.4) is 0 Å². The maximum Gasteiger partial charge on any atom is 0.0541 e. The van der Waals surface area contributed by atoms with Gasteiger partial charge in [0, 0.05) is 45.6 Å². The molecule has 2 aromatic heterocycles. The zero-order valence-electron chi connectivity index (χ0n) is 17.9. The second-order valence-electron chi connectivity index (χ2n) is 8.52. The Morgan fingerprint density at radius 2 is 1.21 bits per heavy atom. The van der Waals surface area contributed by atoms with Gasteiger partial charge in [-0.1, -0.05) is 74.3 Å². The van der Waals surface area contributed by atoms with Crippen molar-refractivity contribution in [1.29, 1.82) is 0 Å². The molecule has 0 aliphatic heterocycles. The van der Waals surface area contributed by atoms with Gasteiger partial charge in [0.25, 0.3) is 0 Å². The van der Waals surface area contributed by atoms with E-state index in [0.29, 0.717) is 0 Å². The van der Waals surface area contributed by atoms with Crippen molar-refractivity contribution in [1.82, 2.24) is 4.57 Å². The summed E-state index contributed by atoms with van der Waals surface area (Å²) in [6.45, 7) is 0. The third-order valence-corrected chi connectivity index (χ3v) is 8.55. The Hall–Kier alpha value is -2.92. The van der Waals surface area contributed by atoms with Crippen molar-refractivity contribution in [3.05, 3.63) is 112 Å². The molecule has 2 heterocycles. The van der Waals surface area contributed by atoms with Gasteiger partial charge in [-0.15, -0.1) is 11.3 Å². The number of hydrogen-bond acceptors (Lipinski definition) is 1. The quantitative estimate of drug-likeness (QED) is 0.191. The van der Waals surface area contributed by atoms with Crippen LogP contribution in [0.4, 0.5) is 0 Å². The SMILES string of the molecule is Brc1cc(Br)cc(-c2ccc3c(c2)c2ccccc2n3-c2ccc3sc4ccccc4c3c2)c1. The molecule has 5 aromatic carbocycles. The summed E-state index contributed by atoms with van der Waals surface area (Å²) in [6.07, 6.45) is 0. The number of rotatable bonds is 2. The van der Waals surface area contributed by atoms with Gasteiger partial charge in [-0.3, -0.25) is 0 Å². The molecule has 0 amide bonds. The molecule has 34 heavy (non-hydrogen) atoms. The zero-order valence-corrected chi connectivity index (χ0v) is 21.9. The molecule has 0 radical (unpaired) electrons. The fraction of sp³-hybridized carbons (Fsp3) is 0. The smallest absolute Gasteiger partial charge is 0.0541 e. The van der Waals surface area contributed by atoms with Gasteiger partial charge < -0.3 is 4.57 Å². The first-order valence-electron chi connectivity index (χ1n) is 11.1. The topological polar surface area (TPSA) is 4.93 Å². The van der Waals surface area contributed by atoms with Gasteiger partial charge in [0.15, 0.2) is 0 Å². The fourth-order valence-electron chi connectivity index (χ4n) is 5.00. The molecule has 0 spiro atoms. The molecule has 1 nitrogen and oxygen atoms in total. The van der Waals surface area contributed by atoms with E-state index in [0.717, 1.165) is 8.95 Å². The highest BCUT2D eigenvalue weighted by atomic mass is 79.9. The Labute approximate surface area is 217 Å². The summed E-state index contributed by atoms with van der Waals surface area (Å²) in [5, 5.41) is 5.18. The van der Waals surface area contributed by atoms with Crippen LogP contribution in [0.15, 0.2) is 112 Å². The van der Waals surface area contributed by atoms with Gasteiger partial charge >= 0.3 is 0 Å². The van der Waals surface area contributed by atoms with Crippen LogP contribution in [-0.2, 0) is 0 Å². The first-order chi connectivity index (χ1) is 16.7. The van der Waals surface area contributed by atoms with Crippen LogP contribution in [0.2, 0.25) is 0 Å². The molecular weight excluding hydrogens is 566 g/mol. The monoisotopic (exact) mass is 581 g/mol. The zero-order chi connectivity index (χ0) is 22.8. The van der Waals surface area contributed by atoms with E-state index in [2.05, 4.69) is 140 Å². The van der Waals surface area contributed by atoms with Crippen LogP contribution in [0.25, 0.3) is 58.8 Å². The molecule has 0 aliphatic carbocycles. The molecule has 0 bridgehead atoms. The minimum atomic E-state index is 1.07. The highest BCUT2D eigenvalue weighted by Gasteiger charge is 2.15. The minimum absolute atomic E-state index is 1.07. The maximum absolute atomic E-state index is 3.63. The number of benzene rings is 5. The molecule has 7 rings (SSSR count). The second-order valence-corrected chi connectivity index (χ2v) is 11.4. The number of hydrogen-bond donors (Lipinski definition) is 0. The standard InChI is InChI=1S/C30H17Br2NS/c31-20-13-19(14-21(32)16-20)18-9-11-28-25(15-18)23-5-1-3-7-27(23)33(28)22-10-12-30-26(17-22)24-6-2-4-8-29(24)34-30/h1-17H. The Bertz CT molecular complexity index is 1870. The number of fused-ring (bicyclic) bond motifs is 6. The lowest BCUT2D eigenvalue weighted by molar-refractivity contribution is 1.19. The van der Waals surface area contributed by atoms with Gasteiger partial charge in [-0.25, -0.2) is 0 Å². The Balaban J connectivity index is 1.51. The molecular formula is C30H17Br2NS. The first-order valence-corrected chi connectivity index (χ1v) is 13.5. The van der Waals surface area contributed by atoms with Crippen LogP contribution in [0, 0.1) is 0 Å². The maximum atomic E-state index is 3.63. The molecule has 0 saturated carbocycles. The van der Waals surface area contributed by atoms with Crippen LogP contribution in [0.1, 0.15) is 0 Å². The van der Waals surface area contributed by atoms with Crippen molar-refractivity contribution < 1.29 is 0 Å². The molecule has 7 aromatic rings. The lowest BCUT2D eigenvalue weighted by atomic mass is 10.0. The summed E-state index contributed by atoms with van der Waals surface area (Å²) < 4.78 is 7.19. The molecule has 4 heteroatoms. The van der Waals surface area contributed by atoms with E-state index in [1.165, 1.54) is 58.8 Å². The van der Waals surface area contributed by atoms with Crippen molar-refractivity contribution in [3.63, 3.8) is 0 Å². The van der Waals surface area contributed by atoms with Crippen molar-refractivity contribution in [3.8, 4) is 16.8 Å². The second kappa shape index (κ2) is 7.81. The lowest BCUT2D eigenvalue weighted by Crippen LogP contribution is -1.93. The van der Waals surface area contributed by atoms with E-state index in [9.17, 15) is 0 Å².